The Balaban J connectivity index is 1.67. The van der Waals surface area contributed by atoms with Crippen LogP contribution < -0.4 is 5.32 Å². The van der Waals surface area contributed by atoms with Crippen LogP contribution in [0.3, 0.4) is 0 Å². The zero-order valence-corrected chi connectivity index (χ0v) is 12.2. The Labute approximate surface area is 121 Å². The molecule has 1 fully saturated rings. The number of thioether (sulfide) groups is 2. The fourth-order valence-corrected chi connectivity index (χ4v) is 2.97. The van der Waals surface area contributed by atoms with Gasteiger partial charge in [0.15, 0.2) is 5.17 Å². The molecular weight excluding hydrogens is 278 g/mol. The van der Waals surface area contributed by atoms with Crippen molar-refractivity contribution in [3.05, 3.63) is 30.3 Å². The van der Waals surface area contributed by atoms with Gasteiger partial charge in [0, 0.05) is 16.9 Å². The van der Waals surface area contributed by atoms with Gasteiger partial charge in [0.2, 0.25) is 5.91 Å². The molecule has 1 atom stereocenters. The van der Waals surface area contributed by atoms with Gasteiger partial charge in [0.1, 0.15) is 0 Å². The fourth-order valence-electron chi connectivity index (χ4n) is 1.40. The molecule has 4 nitrogen and oxygen atoms in total. The van der Waals surface area contributed by atoms with E-state index in [2.05, 4.69) is 27.7 Å². The van der Waals surface area contributed by atoms with E-state index in [0.29, 0.717) is 5.17 Å². The highest BCUT2D eigenvalue weighted by Crippen LogP contribution is 2.18. The number of nitrogens with one attached hydrogen (secondary N) is 1. The molecule has 1 aliphatic rings. The zero-order chi connectivity index (χ0) is 13.5. The summed E-state index contributed by atoms with van der Waals surface area (Å²) in [5.74, 6) is 0.965. The van der Waals surface area contributed by atoms with Gasteiger partial charge in [-0.3, -0.25) is 4.79 Å². The number of benzene rings is 1. The van der Waals surface area contributed by atoms with Crippen LogP contribution in [0.5, 0.6) is 0 Å². The van der Waals surface area contributed by atoms with E-state index in [1.54, 1.807) is 18.0 Å². The third kappa shape index (κ3) is 4.72. The molecule has 1 heterocycles. The average Bonchev–Trinajstić information content (AvgIpc) is 2.74. The molecule has 0 spiro atoms. The predicted molar refractivity (Wildman–Crippen MR) is 82.9 cm³/mol. The van der Waals surface area contributed by atoms with Gasteiger partial charge in [0.05, 0.1) is 5.25 Å². The van der Waals surface area contributed by atoms with E-state index in [4.69, 9.17) is 0 Å². The van der Waals surface area contributed by atoms with Crippen molar-refractivity contribution >= 4 is 40.8 Å². The third-order valence-electron chi connectivity index (χ3n) is 2.38. The molecule has 19 heavy (non-hydrogen) atoms. The fraction of sp³-hybridized carbons (Fsp3) is 0.308. The number of hydrogen-bond acceptors (Lipinski definition) is 5. The maximum Gasteiger partial charge on any atom is 0.239 e. The Morgan fingerprint density at radius 2 is 2.21 bits per heavy atom. The van der Waals surface area contributed by atoms with E-state index in [9.17, 15) is 4.79 Å². The minimum absolute atomic E-state index is 0.00131. The molecule has 2 rings (SSSR count). The van der Waals surface area contributed by atoms with Gasteiger partial charge in [-0.1, -0.05) is 30.0 Å². The molecule has 6 heteroatoms. The van der Waals surface area contributed by atoms with Gasteiger partial charge in [-0.2, -0.15) is 5.10 Å². The summed E-state index contributed by atoms with van der Waals surface area (Å²) in [6.45, 7) is 1.85. The molecule has 1 N–H and O–H groups in total. The summed E-state index contributed by atoms with van der Waals surface area (Å²) >= 11 is 3.19. The van der Waals surface area contributed by atoms with Crippen molar-refractivity contribution < 1.29 is 4.79 Å². The topological polar surface area (TPSA) is 53.8 Å². The molecule has 1 saturated heterocycles. The molecule has 0 aromatic heterocycles. The van der Waals surface area contributed by atoms with E-state index in [1.165, 1.54) is 16.7 Å². The number of amidine groups is 1. The van der Waals surface area contributed by atoms with Crippen molar-refractivity contribution in [1.29, 1.82) is 0 Å². The van der Waals surface area contributed by atoms with Crippen LogP contribution in [-0.2, 0) is 4.79 Å². The Morgan fingerprint density at radius 3 is 2.89 bits per heavy atom. The third-order valence-corrected chi connectivity index (χ3v) is 4.40. The van der Waals surface area contributed by atoms with Gasteiger partial charge < -0.3 is 5.32 Å². The van der Waals surface area contributed by atoms with Crippen LogP contribution in [0.2, 0.25) is 0 Å². The molecule has 0 bridgehead atoms. The summed E-state index contributed by atoms with van der Waals surface area (Å²) in [5.41, 5.74) is 0. The molecule has 1 aromatic rings. The molecule has 0 saturated carbocycles. The molecule has 1 amide bonds. The van der Waals surface area contributed by atoms with Crippen molar-refractivity contribution in [3.63, 3.8) is 0 Å². The Kier molecular flexibility index (Phi) is 5.47. The normalized spacial score (nSPS) is 21.2. The summed E-state index contributed by atoms with van der Waals surface area (Å²) in [6, 6.07) is 10.3. The van der Waals surface area contributed by atoms with Crippen LogP contribution >= 0.6 is 23.5 Å². The first-order chi connectivity index (χ1) is 9.25. The number of amides is 1. The standard InChI is InChI=1S/C13H15N3OS2/c1-10-12(17)15-13(19-10)16-14-8-5-9-18-11-6-3-2-4-7-11/h2-4,6-8,10H,5,9H2,1H3,(H,15,16,17)/b14-8+. The maximum absolute atomic E-state index is 11.2. The van der Waals surface area contributed by atoms with Gasteiger partial charge in [-0.15, -0.1) is 16.9 Å². The van der Waals surface area contributed by atoms with E-state index in [0.717, 1.165) is 12.2 Å². The highest BCUT2D eigenvalue weighted by Gasteiger charge is 2.25. The van der Waals surface area contributed by atoms with Gasteiger partial charge >= 0.3 is 0 Å². The lowest BCUT2D eigenvalue weighted by molar-refractivity contribution is -0.118. The second kappa shape index (κ2) is 7.35. The van der Waals surface area contributed by atoms with Crippen molar-refractivity contribution in [3.8, 4) is 0 Å². The van der Waals surface area contributed by atoms with E-state index >= 15 is 0 Å². The van der Waals surface area contributed by atoms with Crippen LogP contribution in [-0.4, -0.2) is 28.3 Å². The first-order valence-electron chi connectivity index (χ1n) is 6.00. The second-order valence-corrected chi connectivity index (χ2v) is 6.40. The van der Waals surface area contributed by atoms with Crippen LogP contribution in [0.25, 0.3) is 0 Å². The first-order valence-corrected chi connectivity index (χ1v) is 7.87. The lowest BCUT2D eigenvalue weighted by atomic mass is 10.4. The minimum Gasteiger partial charge on any atom is -0.303 e. The molecule has 1 aliphatic heterocycles. The zero-order valence-electron chi connectivity index (χ0n) is 10.6. The summed E-state index contributed by atoms with van der Waals surface area (Å²) in [5, 5.41) is 11.1. The van der Waals surface area contributed by atoms with Crippen molar-refractivity contribution in [1.82, 2.24) is 5.32 Å². The van der Waals surface area contributed by atoms with Gasteiger partial charge in [0.25, 0.3) is 0 Å². The number of rotatable bonds is 5. The predicted octanol–water partition coefficient (Wildman–Crippen LogP) is 2.76. The number of hydrogen-bond donors (Lipinski definition) is 1. The van der Waals surface area contributed by atoms with E-state index in [1.807, 2.05) is 25.1 Å². The van der Waals surface area contributed by atoms with Crippen molar-refractivity contribution in [2.24, 2.45) is 10.2 Å². The van der Waals surface area contributed by atoms with E-state index in [-0.39, 0.29) is 11.2 Å². The Bertz CT molecular complexity index is 488. The highest BCUT2D eigenvalue weighted by molar-refractivity contribution is 8.15. The number of carbonyl (C=O) groups is 1. The smallest absolute Gasteiger partial charge is 0.239 e. The number of carbonyl (C=O) groups excluding carboxylic acids is 1. The Hall–Kier alpha value is -1.27. The highest BCUT2D eigenvalue weighted by atomic mass is 32.2. The quantitative estimate of drug-likeness (QED) is 0.393. The van der Waals surface area contributed by atoms with Gasteiger partial charge in [-0.05, 0) is 25.5 Å². The molecule has 1 aromatic carbocycles. The molecule has 0 radical (unpaired) electrons. The lowest BCUT2D eigenvalue weighted by Crippen LogP contribution is -2.23. The van der Waals surface area contributed by atoms with Crippen molar-refractivity contribution in [2.45, 2.75) is 23.5 Å². The minimum atomic E-state index is -0.0670. The molecule has 0 aliphatic carbocycles. The largest absolute Gasteiger partial charge is 0.303 e. The summed E-state index contributed by atoms with van der Waals surface area (Å²) in [4.78, 5) is 12.5. The van der Waals surface area contributed by atoms with Crippen LogP contribution in [0.4, 0.5) is 0 Å². The SMILES string of the molecule is CC1S/C(=N/N=C/CCSc2ccccc2)NC1=O. The summed E-state index contributed by atoms with van der Waals surface area (Å²) < 4.78 is 0. The Morgan fingerprint density at radius 1 is 1.42 bits per heavy atom. The average molecular weight is 293 g/mol. The van der Waals surface area contributed by atoms with Gasteiger partial charge in [-0.25, -0.2) is 0 Å². The monoisotopic (exact) mass is 293 g/mol. The second-order valence-electron chi connectivity index (χ2n) is 3.90. The van der Waals surface area contributed by atoms with Crippen LogP contribution in [0.1, 0.15) is 13.3 Å². The van der Waals surface area contributed by atoms with Crippen molar-refractivity contribution in [2.75, 3.05) is 5.75 Å². The first kappa shape index (κ1) is 14.1. The number of nitrogens with zero attached hydrogens (tertiary/aromatic N) is 2. The van der Waals surface area contributed by atoms with Crippen LogP contribution in [0.15, 0.2) is 45.4 Å². The molecular formula is C13H15N3OS2. The van der Waals surface area contributed by atoms with Crippen LogP contribution in [0, 0.1) is 0 Å². The maximum atomic E-state index is 11.2. The lowest BCUT2D eigenvalue weighted by Gasteiger charge is -1.97. The molecule has 1 unspecified atom stereocenters. The molecule has 100 valence electrons. The van der Waals surface area contributed by atoms with E-state index < -0.39 is 0 Å². The summed E-state index contributed by atoms with van der Waals surface area (Å²) in [7, 11) is 0. The summed E-state index contributed by atoms with van der Waals surface area (Å²) in [6.07, 6.45) is 2.63.